The van der Waals surface area contributed by atoms with Gasteiger partial charge in [-0.25, -0.2) is 0 Å². The van der Waals surface area contributed by atoms with E-state index in [1.807, 2.05) is 0 Å². The van der Waals surface area contributed by atoms with E-state index < -0.39 is 8.32 Å². The summed E-state index contributed by atoms with van der Waals surface area (Å²) >= 11 is 0. The molecule has 0 N–H and O–H groups in total. The molecule has 92 valence electrons. The third-order valence-electron chi connectivity index (χ3n) is 4.53. The zero-order chi connectivity index (χ0) is 11.6. The van der Waals surface area contributed by atoms with Gasteiger partial charge in [0.05, 0.1) is 11.7 Å². The molecule has 3 heteroatoms. The molecular weight excluding hydrogens is 216 g/mol. The first-order valence-corrected chi connectivity index (χ1v) is 10.2. The van der Waals surface area contributed by atoms with Crippen LogP contribution in [0.4, 0.5) is 0 Å². The SMILES string of the molecule is C[C@H]1O[C@H]1C1(O[Si](C)(C)C)CC2CCC1C2. The lowest BCUT2D eigenvalue weighted by Gasteiger charge is -2.41. The Balaban J connectivity index is 1.84. The van der Waals surface area contributed by atoms with E-state index >= 15 is 0 Å². The van der Waals surface area contributed by atoms with Gasteiger partial charge in [-0.2, -0.15) is 0 Å². The van der Waals surface area contributed by atoms with Crippen molar-refractivity contribution in [2.75, 3.05) is 0 Å². The Kier molecular flexibility index (Phi) is 2.34. The van der Waals surface area contributed by atoms with E-state index in [0.29, 0.717) is 12.2 Å². The summed E-state index contributed by atoms with van der Waals surface area (Å²) in [5, 5.41) is 0. The first-order chi connectivity index (χ1) is 7.41. The zero-order valence-corrected chi connectivity index (χ0v) is 12.0. The standard InChI is InChI=1S/C13H24O2Si/c1-9-12(14-9)13(15-16(2,3)4)8-10-5-6-11(13)7-10/h9-12H,5-8H2,1-4H3/t9-,10?,11?,12-,13?/m1/s1. The third kappa shape index (κ3) is 1.68. The Morgan fingerprint density at radius 3 is 2.31 bits per heavy atom. The second-order valence-corrected chi connectivity index (χ2v) is 11.4. The van der Waals surface area contributed by atoms with Crippen molar-refractivity contribution in [3.05, 3.63) is 0 Å². The summed E-state index contributed by atoms with van der Waals surface area (Å²) in [6.45, 7) is 9.14. The lowest BCUT2D eigenvalue weighted by atomic mass is 9.81. The van der Waals surface area contributed by atoms with E-state index in [-0.39, 0.29) is 5.60 Å². The minimum atomic E-state index is -1.46. The molecule has 0 spiro atoms. The van der Waals surface area contributed by atoms with E-state index in [2.05, 4.69) is 26.6 Å². The molecule has 2 nitrogen and oxygen atoms in total. The van der Waals surface area contributed by atoms with Gasteiger partial charge in [0.1, 0.15) is 6.10 Å². The third-order valence-corrected chi connectivity index (χ3v) is 5.52. The van der Waals surface area contributed by atoms with Crippen LogP contribution in [-0.2, 0) is 9.16 Å². The molecule has 0 aromatic carbocycles. The smallest absolute Gasteiger partial charge is 0.184 e. The molecule has 3 fully saturated rings. The first kappa shape index (κ1) is 11.2. The largest absolute Gasteiger partial charge is 0.409 e. The van der Waals surface area contributed by atoms with Crippen LogP contribution in [0.15, 0.2) is 0 Å². The average molecular weight is 240 g/mol. The quantitative estimate of drug-likeness (QED) is 0.558. The van der Waals surface area contributed by atoms with Crippen molar-refractivity contribution >= 4 is 8.32 Å². The van der Waals surface area contributed by atoms with Gasteiger partial charge in [0.15, 0.2) is 8.32 Å². The average Bonchev–Trinajstić information content (AvgIpc) is 2.59. The molecule has 3 rings (SSSR count). The summed E-state index contributed by atoms with van der Waals surface area (Å²) in [4.78, 5) is 0. The summed E-state index contributed by atoms with van der Waals surface area (Å²) in [6, 6.07) is 0. The molecule has 0 aromatic rings. The maximum atomic E-state index is 6.63. The molecule has 5 atom stereocenters. The van der Waals surface area contributed by atoms with Crippen LogP contribution in [0.5, 0.6) is 0 Å². The van der Waals surface area contributed by atoms with Crippen molar-refractivity contribution < 1.29 is 9.16 Å². The monoisotopic (exact) mass is 240 g/mol. The fourth-order valence-corrected chi connectivity index (χ4v) is 5.63. The lowest BCUT2D eigenvalue weighted by Crippen LogP contribution is -2.51. The van der Waals surface area contributed by atoms with Crippen molar-refractivity contribution in [2.45, 2.75) is 70.1 Å². The van der Waals surface area contributed by atoms with Crippen LogP contribution in [0, 0.1) is 11.8 Å². The Morgan fingerprint density at radius 2 is 1.94 bits per heavy atom. The van der Waals surface area contributed by atoms with Gasteiger partial charge in [-0.15, -0.1) is 0 Å². The van der Waals surface area contributed by atoms with Crippen LogP contribution in [-0.4, -0.2) is 26.1 Å². The van der Waals surface area contributed by atoms with Gasteiger partial charge in [0, 0.05) is 0 Å². The number of fused-ring (bicyclic) bond motifs is 2. The molecule has 3 unspecified atom stereocenters. The molecule has 2 bridgehead atoms. The Morgan fingerprint density at radius 1 is 1.25 bits per heavy atom. The van der Waals surface area contributed by atoms with Crippen LogP contribution < -0.4 is 0 Å². The van der Waals surface area contributed by atoms with Gasteiger partial charge >= 0.3 is 0 Å². The van der Waals surface area contributed by atoms with Crippen LogP contribution in [0.1, 0.15) is 32.6 Å². The van der Waals surface area contributed by atoms with E-state index in [0.717, 1.165) is 11.8 Å². The number of hydrogen-bond acceptors (Lipinski definition) is 2. The van der Waals surface area contributed by atoms with E-state index in [9.17, 15) is 0 Å². The fourth-order valence-electron chi connectivity index (χ4n) is 4.12. The summed E-state index contributed by atoms with van der Waals surface area (Å²) in [5.74, 6) is 1.72. The van der Waals surface area contributed by atoms with Crippen LogP contribution in [0.25, 0.3) is 0 Å². The van der Waals surface area contributed by atoms with Crippen molar-refractivity contribution in [2.24, 2.45) is 11.8 Å². The van der Waals surface area contributed by atoms with E-state index in [4.69, 9.17) is 9.16 Å². The number of epoxide rings is 1. The zero-order valence-electron chi connectivity index (χ0n) is 11.0. The van der Waals surface area contributed by atoms with Crippen molar-refractivity contribution in [3.63, 3.8) is 0 Å². The van der Waals surface area contributed by atoms with Gasteiger partial charge in [0.25, 0.3) is 0 Å². The second-order valence-electron chi connectivity index (χ2n) is 7.01. The molecule has 2 saturated carbocycles. The van der Waals surface area contributed by atoms with Gasteiger partial charge in [-0.05, 0) is 64.1 Å². The fraction of sp³-hybridized carbons (Fsp3) is 1.00. The molecule has 3 aliphatic rings. The minimum Gasteiger partial charge on any atom is -0.409 e. The number of hydrogen-bond donors (Lipinski definition) is 0. The maximum Gasteiger partial charge on any atom is 0.184 e. The topological polar surface area (TPSA) is 21.8 Å². The number of rotatable bonds is 3. The van der Waals surface area contributed by atoms with E-state index in [1.165, 1.54) is 25.7 Å². The lowest BCUT2D eigenvalue weighted by molar-refractivity contribution is -0.0192. The molecule has 0 amide bonds. The highest BCUT2D eigenvalue weighted by Crippen LogP contribution is 2.58. The predicted molar refractivity (Wildman–Crippen MR) is 66.9 cm³/mol. The van der Waals surface area contributed by atoms with Crippen LogP contribution in [0.2, 0.25) is 19.6 Å². The van der Waals surface area contributed by atoms with Gasteiger partial charge in [-0.3, -0.25) is 0 Å². The second kappa shape index (κ2) is 3.33. The van der Waals surface area contributed by atoms with Crippen molar-refractivity contribution in [1.29, 1.82) is 0 Å². The Hall–Kier alpha value is 0.137. The van der Waals surface area contributed by atoms with Crippen LogP contribution >= 0.6 is 0 Å². The maximum absolute atomic E-state index is 6.63. The van der Waals surface area contributed by atoms with Gasteiger partial charge < -0.3 is 9.16 Å². The van der Waals surface area contributed by atoms with Gasteiger partial charge in [-0.1, -0.05) is 0 Å². The molecule has 16 heavy (non-hydrogen) atoms. The molecule has 1 aliphatic heterocycles. The minimum absolute atomic E-state index is 0.118. The highest BCUT2D eigenvalue weighted by atomic mass is 28.4. The summed E-state index contributed by atoms with van der Waals surface area (Å²) in [6.07, 6.45) is 6.34. The van der Waals surface area contributed by atoms with Crippen molar-refractivity contribution in [3.8, 4) is 0 Å². The summed E-state index contributed by atoms with van der Waals surface area (Å²) in [7, 11) is -1.46. The normalized spacial score (nSPS) is 51.0. The number of ether oxygens (including phenoxy) is 1. The Bertz CT molecular complexity index is 299. The highest BCUT2D eigenvalue weighted by molar-refractivity contribution is 6.69. The first-order valence-electron chi connectivity index (χ1n) is 6.76. The van der Waals surface area contributed by atoms with Crippen molar-refractivity contribution in [1.82, 2.24) is 0 Å². The predicted octanol–water partition coefficient (Wildman–Crippen LogP) is 3.18. The van der Waals surface area contributed by atoms with Crippen LogP contribution in [0.3, 0.4) is 0 Å². The summed E-state index contributed by atoms with van der Waals surface area (Å²) < 4.78 is 12.4. The Labute approximate surface area is 99.8 Å². The molecule has 1 saturated heterocycles. The van der Waals surface area contributed by atoms with Gasteiger partial charge in [0.2, 0.25) is 0 Å². The highest BCUT2D eigenvalue weighted by Gasteiger charge is 2.63. The summed E-state index contributed by atoms with van der Waals surface area (Å²) in [5.41, 5.74) is 0.118. The molecule has 2 aliphatic carbocycles. The molecule has 1 heterocycles. The molecule has 0 aromatic heterocycles. The molecule has 0 radical (unpaired) electrons. The van der Waals surface area contributed by atoms with E-state index in [1.54, 1.807) is 0 Å². The molecular formula is C13H24O2Si.